The first-order valence-corrected chi connectivity index (χ1v) is 8.69. The van der Waals surface area contributed by atoms with Crippen LogP contribution in [0.1, 0.15) is 36.5 Å². The summed E-state index contributed by atoms with van der Waals surface area (Å²) in [6, 6.07) is 13.8. The molecule has 0 saturated carbocycles. The zero-order valence-corrected chi connectivity index (χ0v) is 14.6. The average molecular weight is 351 g/mol. The van der Waals surface area contributed by atoms with Crippen molar-refractivity contribution < 1.29 is 9.53 Å². The summed E-state index contributed by atoms with van der Waals surface area (Å²) in [5, 5.41) is 0.450. The zero-order chi connectivity index (χ0) is 18.4. The normalized spacial score (nSPS) is 10.7. The van der Waals surface area contributed by atoms with Gasteiger partial charge in [-0.3, -0.25) is 15.0 Å². The number of ether oxygens (including phenoxy) is 1. The number of nitrogens with zero attached hydrogens (tertiary/aromatic N) is 2. The molecule has 6 nitrogen and oxygen atoms in total. The number of hydrogen-bond donors (Lipinski definition) is 1. The van der Waals surface area contributed by atoms with Crippen LogP contribution < -0.4 is 15.7 Å². The fraction of sp³-hybridized carbons (Fsp3) is 0.250. The smallest absolute Gasteiger partial charge is 0.280 e. The Morgan fingerprint density at radius 2 is 1.88 bits per heavy atom. The van der Waals surface area contributed by atoms with Gasteiger partial charge in [0.1, 0.15) is 12.1 Å². The van der Waals surface area contributed by atoms with Crippen molar-refractivity contribution in [1.29, 1.82) is 0 Å². The maximum absolute atomic E-state index is 12.4. The summed E-state index contributed by atoms with van der Waals surface area (Å²) in [6.07, 6.45) is 4.60. The molecule has 0 aliphatic heterocycles. The summed E-state index contributed by atoms with van der Waals surface area (Å²) >= 11 is 0. The van der Waals surface area contributed by atoms with Crippen molar-refractivity contribution in [2.75, 3.05) is 12.0 Å². The van der Waals surface area contributed by atoms with Gasteiger partial charge >= 0.3 is 0 Å². The van der Waals surface area contributed by atoms with Crippen molar-refractivity contribution >= 4 is 16.8 Å². The highest BCUT2D eigenvalue weighted by Crippen LogP contribution is 2.13. The first-order chi connectivity index (χ1) is 12.7. The monoisotopic (exact) mass is 351 g/mol. The number of carbonyl (C=O) groups excluding carboxylic acids is 1. The SMILES string of the molecule is CCCCCOc1ccc(C(=O)Nn2cnc3ccccc3c2=O)cc1. The third-order valence-electron chi connectivity index (χ3n) is 4.02. The number of hydrogen-bond acceptors (Lipinski definition) is 4. The molecule has 0 spiro atoms. The number of rotatable bonds is 7. The number of fused-ring (bicyclic) bond motifs is 1. The Balaban J connectivity index is 1.68. The van der Waals surface area contributed by atoms with E-state index in [1.165, 1.54) is 6.33 Å². The number of aromatic nitrogens is 2. The van der Waals surface area contributed by atoms with E-state index in [1.807, 2.05) is 6.07 Å². The molecule has 1 N–H and O–H groups in total. The topological polar surface area (TPSA) is 73.2 Å². The molecule has 6 heteroatoms. The number of benzene rings is 2. The summed E-state index contributed by atoms with van der Waals surface area (Å²) < 4.78 is 6.73. The van der Waals surface area contributed by atoms with Gasteiger partial charge in [-0.1, -0.05) is 31.9 Å². The number of amides is 1. The molecule has 2 aromatic carbocycles. The summed E-state index contributed by atoms with van der Waals surface area (Å²) in [7, 11) is 0. The first kappa shape index (κ1) is 17.7. The Bertz CT molecular complexity index is 948. The molecule has 3 rings (SSSR count). The van der Waals surface area contributed by atoms with Gasteiger partial charge in [-0.2, -0.15) is 0 Å². The van der Waals surface area contributed by atoms with E-state index in [2.05, 4.69) is 17.3 Å². The predicted octanol–water partition coefficient (Wildman–Crippen LogP) is 3.35. The highest BCUT2D eigenvalue weighted by molar-refractivity contribution is 6.00. The molecule has 0 aliphatic rings. The minimum absolute atomic E-state index is 0.320. The summed E-state index contributed by atoms with van der Waals surface area (Å²) in [5.41, 5.74) is 3.27. The minimum atomic E-state index is -0.387. The molecule has 0 bridgehead atoms. The Kier molecular flexibility index (Phi) is 5.63. The molecule has 26 heavy (non-hydrogen) atoms. The van der Waals surface area contributed by atoms with E-state index in [-0.39, 0.29) is 11.5 Å². The van der Waals surface area contributed by atoms with E-state index in [1.54, 1.807) is 42.5 Å². The lowest BCUT2D eigenvalue weighted by Crippen LogP contribution is -2.33. The van der Waals surface area contributed by atoms with Crippen molar-refractivity contribution in [3.63, 3.8) is 0 Å². The van der Waals surface area contributed by atoms with Gasteiger partial charge in [0.05, 0.1) is 17.5 Å². The van der Waals surface area contributed by atoms with Gasteiger partial charge in [0.2, 0.25) is 0 Å². The van der Waals surface area contributed by atoms with E-state index < -0.39 is 0 Å². The quantitative estimate of drug-likeness (QED) is 0.663. The summed E-state index contributed by atoms with van der Waals surface area (Å²) in [6.45, 7) is 2.81. The van der Waals surface area contributed by atoms with Gasteiger partial charge in [0.15, 0.2) is 0 Å². The predicted molar refractivity (Wildman–Crippen MR) is 101 cm³/mol. The van der Waals surface area contributed by atoms with Crippen molar-refractivity contribution in [2.45, 2.75) is 26.2 Å². The third kappa shape index (κ3) is 4.08. The van der Waals surface area contributed by atoms with Crippen LogP contribution in [-0.2, 0) is 0 Å². The van der Waals surface area contributed by atoms with Gasteiger partial charge < -0.3 is 4.74 Å². The molecule has 0 unspecified atom stereocenters. The molecule has 3 aromatic rings. The van der Waals surface area contributed by atoms with E-state index >= 15 is 0 Å². The van der Waals surface area contributed by atoms with Crippen molar-refractivity contribution in [2.24, 2.45) is 0 Å². The van der Waals surface area contributed by atoms with Crippen LogP contribution in [0.25, 0.3) is 10.9 Å². The number of nitrogens with one attached hydrogen (secondary N) is 1. The van der Waals surface area contributed by atoms with Crippen LogP contribution in [-0.4, -0.2) is 22.2 Å². The first-order valence-electron chi connectivity index (χ1n) is 8.69. The maximum Gasteiger partial charge on any atom is 0.280 e. The molecule has 0 saturated heterocycles. The fourth-order valence-electron chi connectivity index (χ4n) is 2.57. The molecule has 1 heterocycles. The van der Waals surface area contributed by atoms with Crippen molar-refractivity contribution in [3.05, 3.63) is 70.8 Å². The number of para-hydroxylation sites is 1. The second kappa shape index (κ2) is 8.29. The Hall–Kier alpha value is -3.15. The largest absolute Gasteiger partial charge is 0.494 e. The van der Waals surface area contributed by atoms with E-state index in [0.29, 0.717) is 23.1 Å². The zero-order valence-electron chi connectivity index (χ0n) is 14.6. The Labute approximate surface area is 151 Å². The Morgan fingerprint density at radius 1 is 1.12 bits per heavy atom. The van der Waals surface area contributed by atoms with Crippen LogP contribution in [0.2, 0.25) is 0 Å². The standard InChI is InChI=1S/C20H21N3O3/c1-2-3-6-13-26-16-11-9-15(10-12-16)19(24)22-23-14-21-18-8-5-4-7-17(18)20(23)25/h4-5,7-12,14H,2-3,6,13H2,1H3,(H,22,24). The molecule has 1 aromatic heterocycles. The minimum Gasteiger partial charge on any atom is -0.494 e. The van der Waals surface area contributed by atoms with E-state index in [0.717, 1.165) is 29.7 Å². The second-order valence-corrected chi connectivity index (χ2v) is 5.96. The highest BCUT2D eigenvalue weighted by atomic mass is 16.5. The number of unbranched alkanes of at least 4 members (excludes halogenated alkanes) is 2. The maximum atomic E-state index is 12.4. The van der Waals surface area contributed by atoms with Crippen LogP contribution >= 0.6 is 0 Å². The van der Waals surface area contributed by atoms with Crippen LogP contribution in [0.5, 0.6) is 5.75 Å². The van der Waals surface area contributed by atoms with Crippen LogP contribution in [0.4, 0.5) is 0 Å². The van der Waals surface area contributed by atoms with Gasteiger partial charge in [0, 0.05) is 5.56 Å². The van der Waals surface area contributed by atoms with Gasteiger partial charge in [-0.05, 0) is 42.8 Å². The Morgan fingerprint density at radius 3 is 2.65 bits per heavy atom. The van der Waals surface area contributed by atoms with Crippen molar-refractivity contribution in [1.82, 2.24) is 9.66 Å². The molecular formula is C20H21N3O3. The summed E-state index contributed by atoms with van der Waals surface area (Å²) in [4.78, 5) is 29.0. The molecule has 1 amide bonds. The van der Waals surface area contributed by atoms with Gasteiger partial charge in [-0.25, -0.2) is 9.66 Å². The number of carbonyl (C=O) groups is 1. The van der Waals surface area contributed by atoms with Crippen LogP contribution in [0, 0.1) is 0 Å². The molecule has 0 atom stereocenters. The van der Waals surface area contributed by atoms with E-state index in [4.69, 9.17) is 4.74 Å². The lowest BCUT2D eigenvalue weighted by atomic mass is 10.2. The molecular weight excluding hydrogens is 330 g/mol. The second-order valence-electron chi connectivity index (χ2n) is 5.96. The highest BCUT2D eigenvalue weighted by Gasteiger charge is 2.09. The van der Waals surface area contributed by atoms with Crippen molar-refractivity contribution in [3.8, 4) is 5.75 Å². The molecule has 0 radical (unpaired) electrons. The average Bonchev–Trinajstić information content (AvgIpc) is 2.68. The lowest BCUT2D eigenvalue weighted by molar-refractivity contribution is 0.101. The fourth-order valence-corrected chi connectivity index (χ4v) is 2.57. The molecule has 0 fully saturated rings. The molecule has 0 aliphatic carbocycles. The van der Waals surface area contributed by atoms with Crippen LogP contribution in [0.3, 0.4) is 0 Å². The summed E-state index contributed by atoms with van der Waals surface area (Å²) in [5.74, 6) is 0.337. The van der Waals surface area contributed by atoms with Crippen LogP contribution in [0.15, 0.2) is 59.7 Å². The lowest BCUT2D eigenvalue weighted by Gasteiger charge is -2.09. The van der Waals surface area contributed by atoms with Gasteiger partial charge in [0.25, 0.3) is 11.5 Å². The molecule has 134 valence electrons. The van der Waals surface area contributed by atoms with Gasteiger partial charge in [-0.15, -0.1) is 0 Å². The van der Waals surface area contributed by atoms with E-state index in [9.17, 15) is 9.59 Å². The third-order valence-corrected chi connectivity index (χ3v) is 4.02.